The van der Waals surface area contributed by atoms with Crippen molar-refractivity contribution in [1.29, 1.82) is 5.26 Å². The molecule has 8 nitrogen and oxygen atoms in total. The number of nitriles is 1. The molecule has 2 rings (SSSR count). The molecule has 1 atom stereocenters. The Morgan fingerprint density at radius 3 is 2.56 bits per heavy atom. The number of hydroxylamine groups is 1. The molecule has 168 valence electrons. The van der Waals surface area contributed by atoms with Crippen LogP contribution in [-0.2, 0) is 9.53 Å². The maximum atomic E-state index is 12.7. The third-order valence-corrected chi connectivity index (χ3v) is 5.47. The number of nitrogens with one attached hydrogen (secondary N) is 2. The number of amides is 2. The van der Waals surface area contributed by atoms with Crippen molar-refractivity contribution < 1.29 is 24.6 Å². The van der Waals surface area contributed by atoms with E-state index in [2.05, 4.69) is 27.9 Å². The van der Waals surface area contributed by atoms with Gasteiger partial charge in [0, 0.05) is 26.3 Å². The van der Waals surface area contributed by atoms with Gasteiger partial charge in [-0.05, 0) is 77.9 Å². The number of aromatic hydroxyl groups is 1. The largest absolute Gasteiger partial charge is 0.508 e. The van der Waals surface area contributed by atoms with E-state index in [1.54, 1.807) is 48.5 Å². The molecule has 0 bridgehead atoms. The van der Waals surface area contributed by atoms with Crippen LogP contribution in [-0.4, -0.2) is 22.3 Å². The maximum absolute atomic E-state index is 12.7. The molecule has 0 heterocycles. The topological polar surface area (TPSA) is 132 Å². The lowest BCUT2D eigenvalue weighted by atomic mass is 9.78. The fourth-order valence-electron chi connectivity index (χ4n) is 3.08. The van der Waals surface area contributed by atoms with E-state index >= 15 is 0 Å². The van der Waals surface area contributed by atoms with E-state index in [4.69, 9.17) is 15.2 Å². The zero-order valence-corrected chi connectivity index (χ0v) is 19.8. The lowest BCUT2D eigenvalue weighted by Gasteiger charge is -2.34. The third-order valence-electron chi connectivity index (χ3n) is 4.80. The van der Waals surface area contributed by atoms with E-state index in [1.165, 1.54) is 11.6 Å². The number of hydrogen-bond donors (Lipinski definition) is 4. The Bertz CT molecular complexity index is 1030. The van der Waals surface area contributed by atoms with Crippen molar-refractivity contribution in [1.82, 2.24) is 5.48 Å². The number of carbonyl (C=O) groups is 2. The van der Waals surface area contributed by atoms with Gasteiger partial charge in [0.1, 0.15) is 11.9 Å². The Kier molecular flexibility index (Phi) is 9.04. The van der Waals surface area contributed by atoms with Crippen molar-refractivity contribution >= 4 is 40.3 Å². The van der Waals surface area contributed by atoms with Crippen LogP contribution in [0.1, 0.15) is 43.9 Å². The Balaban J connectivity index is 2.24. The summed E-state index contributed by atoms with van der Waals surface area (Å²) in [7, 11) is 0. The first-order valence-electron chi connectivity index (χ1n) is 9.73. The number of halogens is 1. The number of anilines is 1. The summed E-state index contributed by atoms with van der Waals surface area (Å²) in [4.78, 5) is 23.8. The van der Waals surface area contributed by atoms with Gasteiger partial charge in [-0.1, -0.05) is 19.9 Å². The van der Waals surface area contributed by atoms with Crippen LogP contribution in [0.3, 0.4) is 0 Å². The molecule has 4 N–H and O–H groups in total. The summed E-state index contributed by atoms with van der Waals surface area (Å²) in [6.45, 7) is 3.79. The highest BCUT2D eigenvalue weighted by atomic mass is 127. The van der Waals surface area contributed by atoms with Gasteiger partial charge in [0.05, 0.1) is 11.6 Å². The molecule has 2 amide bonds. The highest BCUT2D eigenvalue weighted by Crippen LogP contribution is 2.44. The van der Waals surface area contributed by atoms with Crippen LogP contribution in [0.25, 0.3) is 0 Å². The minimum absolute atomic E-state index is 0.00450. The van der Waals surface area contributed by atoms with Gasteiger partial charge in [0.25, 0.3) is 5.91 Å². The molecule has 0 radical (unpaired) electrons. The zero-order chi connectivity index (χ0) is 23.7. The Labute approximate surface area is 200 Å². The number of hydrogen-bond acceptors (Lipinski definition) is 6. The summed E-state index contributed by atoms with van der Waals surface area (Å²) < 4.78 is 6.64. The molecule has 0 saturated heterocycles. The van der Waals surface area contributed by atoms with Crippen LogP contribution in [0.15, 0.2) is 54.6 Å². The van der Waals surface area contributed by atoms with Gasteiger partial charge in [-0.2, -0.15) is 5.26 Å². The van der Waals surface area contributed by atoms with Gasteiger partial charge in [-0.15, -0.1) is 0 Å². The summed E-state index contributed by atoms with van der Waals surface area (Å²) in [5, 5.41) is 30.6. The number of phenolic OH excluding ortho intramolecular Hbond substituents is 1. The monoisotopic (exact) mass is 549 g/mol. The predicted molar refractivity (Wildman–Crippen MR) is 127 cm³/mol. The second-order valence-corrected chi connectivity index (χ2v) is 8.95. The van der Waals surface area contributed by atoms with E-state index in [0.29, 0.717) is 29.7 Å². The minimum atomic E-state index is -0.796. The number of carbonyl (C=O) groups excluding carboxylic acids is 2. The summed E-state index contributed by atoms with van der Waals surface area (Å²) >= 11 is 2.12. The molecule has 0 unspecified atom stereocenters. The molecule has 0 aliphatic heterocycles. The van der Waals surface area contributed by atoms with Crippen molar-refractivity contribution in [3.05, 3.63) is 69.3 Å². The predicted octanol–water partition coefficient (Wildman–Crippen LogP) is 5.03. The number of allylic oxidation sites excluding steroid dienone is 1. The normalized spacial score (nSPS) is 12.1. The van der Waals surface area contributed by atoms with E-state index in [-0.39, 0.29) is 5.75 Å². The molecule has 2 aromatic carbocycles. The first kappa shape index (κ1) is 25.2. The van der Waals surface area contributed by atoms with E-state index in [1.807, 2.05) is 19.9 Å². The highest BCUT2D eigenvalue weighted by Gasteiger charge is 2.35. The number of ether oxygens (including phenoxy) is 1. The second-order valence-electron chi connectivity index (χ2n) is 7.71. The molecule has 0 fully saturated rings. The van der Waals surface area contributed by atoms with Crippen LogP contribution >= 0.6 is 22.6 Å². The molecule has 0 aliphatic carbocycles. The molecular weight excluding hydrogens is 525 g/mol. The fraction of sp³-hybridized carbons (Fsp3) is 0.261. The number of nitrogens with zero attached hydrogens (tertiary/aromatic N) is 1. The molecular formula is C23H24IN3O5. The lowest BCUT2D eigenvalue weighted by Crippen LogP contribution is -2.29. The van der Waals surface area contributed by atoms with Crippen LogP contribution in [0, 0.1) is 20.3 Å². The molecule has 0 aliphatic rings. The summed E-state index contributed by atoms with van der Waals surface area (Å²) in [5.74, 6) is -0.627. The van der Waals surface area contributed by atoms with E-state index in [9.17, 15) is 14.7 Å². The van der Waals surface area contributed by atoms with Crippen LogP contribution in [0.4, 0.5) is 10.5 Å². The maximum Gasteiger partial charge on any atom is 0.412 e. The molecule has 2 aromatic rings. The first-order valence-corrected chi connectivity index (χ1v) is 10.8. The number of benzene rings is 2. The molecule has 0 saturated carbocycles. The Hall–Kier alpha value is -3.10. The highest BCUT2D eigenvalue weighted by molar-refractivity contribution is 14.1. The van der Waals surface area contributed by atoms with E-state index < -0.39 is 23.5 Å². The summed E-state index contributed by atoms with van der Waals surface area (Å²) in [6, 6.07) is 13.4. The SMILES string of the molecule is CC(C)(CC/C=C/C(=O)NO)[C@@H](OC(=O)Nc1ccc(C#N)cc1)c1cc(I)ccc1O. The third kappa shape index (κ3) is 7.25. The van der Waals surface area contributed by atoms with Crippen molar-refractivity contribution in [3.63, 3.8) is 0 Å². The van der Waals surface area contributed by atoms with Crippen molar-refractivity contribution in [3.8, 4) is 11.8 Å². The van der Waals surface area contributed by atoms with Crippen LogP contribution in [0.2, 0.25) is 0 Å². The lowest BCUT2D eigenvalue weighted by molar-refractivity contribution is -0.124. The molecule has 9 heteroatoms. The van der Waals surface area contributed by atoms with Crippen LogP contribution in [0.5, 0.6) is 5.75 Å². The van der Waals surface area contributed by atoms with Crippen LogP contribution < -0.4 is 10.8 Å². The van der Waals surface area contributed by atoms with Crippen molar-refractivity contribution in [2.24, 2.45) is 5.41 Å². The number of rotatable bonds is 8. The van der Waals surface area contributed by atoms with Gasteiger partial charge in [0.2, 0.25) is 0 Å². The first-order chi connectivity index (χ1) is 15.2. The quantitative estimate of drug-likeness (QED) is 0.158. The fourth-order valence-corrected chi connectivity index (χ4v) is 3.59. The average Bonchev–Trinajstić information content (AvgIpc) is 2.77. The van der Waals surface area contributed by atoms with Crippen molar-refractivity contribution in [2.45, 2.75) is 32.8 Å². The smallest absolute Gasteiger partial charge is 0.412 e. The zero-order valence-electron chi connectivity index (χ0n) is 17.6. The van der Waals surface area contributed by atoms with E-state index in [0.717, 1.165) is 3.57 Å². The molecule has 0 spiro atoms. The second kappa shape index (κ2) is 11.5. The Morgan fingerprint density at radius 2 is 1.94 bits per heavy atom. The van der Waals surface area contributed by atoms with Gasteiger partial charge in [-0.25, -0.2) is 10.3 Å². The molecule has 0 aromatic heterocycles. The van der Waals surface area contributed by atoms with Gasteiger partial charge >= 0.3 is 6.09 Å². The minimum Gasteiger partial charge on any atom is -0.508 e. The molecule has 32 heavy (non-hydrogen) atoms. The standard InChI is InChI=1S/C23H24IN3O5/c1-23(2,12-4-3-5-20(29)27-31)21(18-13-16(24)8-11-19(18)28)32-22(30)26-17-9-6-15(14-25)7-10-17/h3,5-11,13,21,28,31H,4,12H2,1-2H3,(H,26,30)(H,27,29)/b5-3+/t21-/m0/s1. The van der Waals surface area contributed by atoms with Crippen molar-refractivity contribution in [2.75, 3.05) is 5.32 Å². The Morgan fingerprint density at radius 1 is 1.25 bits per heavy atom. The summed E-state index contributed by atoms with van der Waals surface area (Å²) in [6.07, 6.45) is 2.31. The number of phenols is 1. The average molecular weight is 549 g/mol. The van der Waals surface area contributed by atoms with Gasteiger partial charge in [-0.3, -0.25) is 15.3 Å². The summed E-state index contributed by atoms with van der Waals surface area (Å²) in [5.41, 5.74) is 2.31. The van der Waals surface area contributed by atoms with Gasteiger partial charge in [0.15, 0.2) is 0 Å². The van der Waals surface area contributed by atoms with Gasteiger partial charge < -0.3 is 9.84 Å².